The van der Waals surface area contributed by atoms with Crippen molar-refractivity contribution in [3.8, 4) is 0 Å². The van der Waals surface area contributed by atoms with Gasteiger partial charge in [-0.05, 0) is 19.2 Å². The minimum absolute atomic E-state index is 0.115. The first-order valence-corrected chi connectivity index (χ1v) is 4.75. The predicted molar refractivity (Wildman–Crippen MR) is 54.1 cm³/mol. The Morgan fingerprint density at radius 1 is 1.25 bits per heavy atom. The second kappa shape index (κ2) is 3.83. The van der Waals surface area contributed by atoms with E-state index >= 15 is 0 Å². The minimum Gasteiger partial charge on any atom is -0.459 e. The molecular formula is C11H10F3NO. The van der Waals surface area contributed by atoms with E-state index < -0.39 is 12.2 Å². The Labute approximate surface area is 90.0 Å². The Morgan fingerprint density at radius 2 is 1.94 bits per heavy atom. The van der Waals surface area contributed by atoms with Crippen LogP contribution in [0.1, 0.15) is 11.8 Å². The van der Waals surface area contributed by atoms with Crippen LogP contribution < -0.4 is 5.32 Å². The molecule has 0 fully saturated rings. The quantitative estimate of drug-likeness (QED) is 0.855. The van der Waals surface area contributed by atoms with Crippen molar-refractivity contribution in [2.24, 2.45) is 0 Å². The van der Waals surface area contributed by atoms with Crippen LogP contribution in [0.25, 0.3) is 11.0 Å². The third kappa shape index (κ3) is 1.90. The smallest absolute Gasteiger partial charge is 0.410 e. The van der Waals surface area contributed by atoms with Crippen molar-refractivity contribution >= 4 is 11.0 Å². The summed E-state index contributed by atoms with van der Waals surface area (Å²) in [5.41, 5.74) is 0.460. The molecular weight excluding hydrogens is 219 g/mol. The maximum atomic E-state index is 12.6. The van der Waals surface area contributed by atoms with E-state index in [-0.39, 0.29) is 5.76 Å². The normalized spacial score (nSPS) is 14.2. The van der Waals surface area contributed by atoms with Crippen LogP contribution in [0.15, 0.2) is 34.7 Å². The lowest BCUT2D eigenvalue weighted by molar-refractivity contribution is -0.159. The summed E-state index contributed by atoms with van der Waals surface area (Å²) in [6, 6.07) is 6.47. The summed E-state index contributed by atoms with van der Waals surface area (Å²) in [5.74, 6) is -0.115. The Kier molecular flexibility index (Phi) is 2.63. The zero-order valence-electron chi connectivity index (χ0n) is 8.51. The van der Waals surface area contributed by atoms with Crippen LogP contribution >= 0.6 is 0 Å². The number of hydrogen-bond acceptors (Lipinski definition) is 2. The van der Waals surface area contributed by atoms with Gasteiger partial charge in [0.25, 0.3) is 0 Å². The lowest BCUT2D eigenvalue weighted by Gasteiger charge is -2.16. The van der Waals surface area contributed by atoms with Gasteiger partial charge in [-0.2, -0.15) is 13.2 Å². The van der Waals surface area contributed by atoms with E-state index in [1.54, 1.807) is 24.3 Å². The first-order valence-electron chi connectivity index (χ1n) is 4.75. The summed E-state index contributed by atoms with van der Waals surface area (Å²) in [6.07, 6.45) is -4.36. The molecule has 0 bridgehead atoms. The summed E-state index contributed by atoms with van der Waals surface area (Å²) < 4.78 is 43.0. The fraction of sp³-hybridized carbons (Fsp3) is 0.273. The molecule has 1 heterocycles. The third-order valence-corrected chi connectivity index (χ3v) is 2.35. The van der Waals surface area contributed by atoms with Crippen LogP contribution in [-0.4, -0.2) is 13.2 Å². The van der Waals surface area contributed by atoms with Crippen LogP contribution in [-0.2, 0) is 0 Å². The van der Waals surface area contributed by atoms with Crippen molar-refractivity contribution in [1.29, 1.82) is 0 Å². The summed E-state index contributed by atoms with van der Waals surface area (Å²) in [7, 11) is 1.26. The number of fused-ring (bicyclic) bond motifs is 1. The highest BCUT2D eigenvalue weighted by Gasteiger charge is 2.41. The number of halogens is 3. The van der Waals surface area contributed by atoms with Gasteiger partial charge in [-0.25, -0.2) is 0 Å². The van der Waals surface area contributed by atoms with E-state index in [0.29, 0.717) is 11.0 Å². The molecule has 86 valence electrons. The highest BCUT2D eigenvalue weighted by Crippen LogP contribution is 2.34. The number of alkyl halides is 3. The molecule has 1 aromatic heterocycles. The molecule has 0 spiro atoms. The van der Waals surface area contributed by atoms with Gasteiger partial charge in [0.1, 0.15) is 11.3 Å². The molecule has 0 amide bonds. The van der Waals surface area contributed by atoms with Crippen LogP contribution in [0.3, 0.4) is 0 Å². The van der Waals surface area contributed by atoms with Crippen LogP contribution in [0, 0.1) is 0 Å². The second-order valence-electron chi connectivity index (χ2n) is 3.45. The molecule has 0 saturated heterocycles. The molecule has 2 nitrogen and oxygen atoms in total. The third-order valence-electron chi connectivity index (χ3n) is 2.35. The fourth-order valence-electron chi connectivity index (χ4n) is 1.61. The molecule has 0 aliphatic heterocycles. The van der Waals surface area contributed by atoms with Crippen molar-refractivity contribution in [3.63, 3.8) is 0 Å². The number of hydrogen-bond donors (Lipinski definition) is 1. The SMILES string of the molecule is CNC(c1cc2ccccc2o1)C(F)(F)F. The zero-order chi connectivity index (χ0) is 11.8. The van der Waals surface area contributed by atoms with Gasteiger partial charge in [-0.15, -0.1) is 0 Å². The maximum absolute atomic E-state index is 12.6. The van der Waals surface area contributed by atoms with E-state index in [1.807, 2.05) is 0 Å². The average Bonchev–Trinajstić information content (AvgIpc) is 2.59. The van der Waals surface area contributed by atoms with E-state index in [1.165, 1.54) is 13.1 Å². The van der Waals surface area contributed by atoms with Gasteiger partial charge in [-0.1, -0.05) is 18.2 Å². The lowest BCUT2D eigenvalue weighted by Crippen LogP contribution is -2.31. The molecule has 5 heteroatoms. The highest BCUT2D eigenvalue weighted by molar-refractivity contribution is 5.77. The molecule has 1 atom stereocenters. The Bertz CT molecular complexity index is 456. The topological polar surface area (TPSA) is 25.2 Å². The summed E-state index contributed by atoms with van der Waals surface area (Å²) in [6.45, 7) is 0. The maximum Gasteiger partial charge on any atom is 0.410 e. The van der Waals surface area contributed by atoms with E-state index in [9.17, 15) is 13.2 Å². The van der Waals surface area contributed by atoms with Gasteiger partial charge in [0.2, 0.25) is 0 Å². The van der Waals surface area contributed by atoms with Crippen molar-refractivity contribution in [3.05, 3.63) is 36.1 Å². The van der Waals surface area contributed by atoms with Crippen LogP contribution in [0.2, 0.25) is 0 Å². The monoisotopic (exact) mass is 229 g/mol. The molecule has 2 aromatic rings. The van der Waals surface area contributed by atoms with Crippen LogP contribution in [0.4, 0.5) is 13.2 Å². The van der Waals surface area contributed by atoms with Gasteiger partial charge in [0.15, 0.2) is 6.04 Å². The molecule has 0 saturated carbocycles. The van der Waals surface area contributed by atoms with E-state index in [2.05, 4.69) is 5.32 Å². The second-order valence-corrected chi connectivity index (χ2v) is 3.45. The predicted octanol–water partition coefficient (Wildman–Crippen LogP) is 3.26. The number of benzene rings is 1. The van der Waals surface area contributed by atoms with E-state index in [0.717, 1.165) is 0 Å². The largest absolute Gasteiger partial charge is 0.459 e. The summed E-state index contributed by atoms with van der Waals surface area (Å²) in [5, 5.41) is 2.87. The number of para-hydroxylation sites is 1. The lowest BCUT2D eigenvalue weighted by atomic mass is 10.2. The molecule has 2 rings (SSSR count). The fourth-order valence-corrected chi connectivity index (χ4v) is 1.61. The van der Waals surface area contributed by atoms with Gasteiger partial charge in [-0.3, -0.25) is 0 Å². The minimum atomic E-state index is -4.36. The van der Waals surface area contributed by atoms with Crippen molar-refractivity contribution in [1.82, 2.24) is 5.32 Å². The van der Waals surface area contributed by atoms with E-state index in [4.69, 9.17) is 4.42 Å². The number of furan rings is 1. The first kappa shape index (κ1) is 11.0. The standard InChI is InChI=1S/C11H10F3NO/c1-15-10(11(12,13)14)9-6-7-4-2-3-5-8(7)16-9/h2-6,10,15H,1H3. The molecule has 0 aliphatic carbocycles. The molecule has 1 N–H and O–H groups in total. The molecule has 16 heavy (non-hydrogen) atoms. The Morgan fingerprint density at radius 3 is 2.50 bits per heavy atom. The molecule has 1 unspecified atom stereocenters. The highest BCUT2D eigenvalue weighted by atomic mass is 19.4. The van der Waals surface area contributed by atoms with Gasteiger partial charge in [0, 0.05) is 5.39 Å². The number of rotatable bonds is 2. The first-order chi connectivity index (χ1) is 7.52. The Balaban J connectivity index is 2.46. The Hall–Kier alpha value is -1.49. The van der Waals surface area contributed by atoms with Gasteiger partial charge in [0.05, 0.1) is 0 Å². The van der Waals surface area contributed by atoms with Crippen LogP contribution in [0.5, 0.6) is 0 Å². The van der Waals surface area contributed by atoms with Crippen molar-refractivity contribution < 1.29 is 17.6 Å². The van der Waals surface area contributed by atoms with Gasteiger partial charge < -0.3 is 9.73 Å². The van der Waals surface area contributed by atoms with Crippen molar-refractivity contribution in [2.45, 2.75) is 12.2 Å². The van der Waals surface area contributed by atoms with Crippen molar-refractivity contribution in [2.75, 3.05) is 7.05 Å². The molecule has 0 radical (unpaired) electrons. The molecule has 1 aromatic carbocycles. The van der Waals surface area contributed by atoms with Gasteiger partial charge >= 0.3 is 6.18 Å². The summed E-state index contributed by atoms with van der Waals surface area (Å²) in [4.78, 5) is 0. The molecule has 0 aliphatic rings. The summed E-state index contributed by atoms with van der Waals surface area (Å²) >= 11 is 0. The average molecular weight is 229 g/mol. The zero-order valence-corrected chi connectivity index (χ0v) is 8.51. The number of nitrogens with one attached hydrogen (secondary N) is 1.